The smallest absolute Gasteiger partial charge is 0.191 e. The van der Waals surface area contributed by atoms with Crippen LogP contribution in [0.5, 0.6) is 11.5 Å². The van der Waals surface area contributed by atoms with Crippen LogP contribution in [-0.2, 0) is 9.47 Å². The maximum atomic E-state index is 5.55. The van der Waals surface area contributed by atoms with Crippen molar-refractivity contribution in [2.75, 3.05) is 73.9 Å². The molecule has 2 fully saturated rings. The molecule has 1 unspecified atom stereocenters. The van der Waals surface area contributed by atoms with Crippen molar-refractivity contribution in [1.29, 1.82) is 0 Å². The SMILES string of the molecule is CN=C(NCC(c1ccc(OC)c(OC)c1)N1CCOCC1)NCC1(C)COC1. The summed E-state index contributed by atoms with van der Waals surface area (Å²) in [5.41, 5.74) is 1.36. The third-order valence-electron chi connectivity index (χ3n) is 5.55. The number of rotatable bonds is 8. The Balaban J connectivity index is 1.70. The summed E-state index contributed by atoms with van der Waals surface area (Å²) in [5.74, 6) is 2.28. The van der Waals surface area contributed by atoms with Crippen molar-refractivity contribution in [2.45, 2.75) is 13.0 Å². The Morgan fingerprint density at radius 2 is 1.86 bits per heavy atom. The topological polar surface area (TPSA) is 76.6 Å². The number of benzene rings is 1. The van der Waals surface area contributed by atoms with Gasteiger partial charge in [-0.25, -0.2) is 0 Å². The first-order valence-electron chi connectivity index (χ1n) is 10.1. The molecule has 29 heavy (non-hydrogen) atoms. The first kappa shape index (κ1) is 21.7. The van der Waals surface area contributed by atoms with Gasteiger partial charge in [0, 0.05) is 38.6 Å². The second-order valence-electron chi connectivity index (χ2n) is 7.89. The number of hydrogen-bond acceptors (Lipinski definition) is 6. The van der Waals surface area contributed by atoms with E-state index in [1.807, 2.05) is 6.07 Å². The summed E-state index contributed by atoms with van der Waals surface area (Å²) in [4.78, 5) is 6.82. The zero-order valence-electron chi connectivity index (χ0n) is 18.0. The zero-order chi connectivity index (χ0) is 20.7. The Bertz CT molecular complexity index is 687. The van der Waals surface area contributed by atoms with Gasteiger partial charge in [0.25, 0.3) is 0 Å². The number of ether oxygens (including phenoxy) is 4. The number of guanidine groups is 1. The third-order valence-corrected chi connectivity index (χ3v) is 5.55. The van der Waals surface area contributed by atoms with Crippen LogP contribution in [-0.4, -0.2) is 84.7 Å². The minimum absolute atomic E-state index is 0.167. The number of hydrogen-bond donors (Lipinski definition) is 2. The lowest BCUT2D eigenvalue weighted by Gasteiger charge is -2.38. The van der Waals surface area contributed by atoms with Crippen LogP contribution < -0.4 is 20.1 Å². The molecule has 0 saturated carbocycles. The largest absolute Gasteiger partial charge is 0.493 e. The molecular weight excluding hydrogens is 372 g/mol. The molecular formula is C21H34N4O4. The lowest BCUT2D eigenvalue weighted by atomic mass is 9.89. The van der Waals surface area contributed by atoms with Crippen molar-refractivity contribution >= 4 is 5.96 Å². The molecule has 0 radical (unpaired) electrons. The van der Waals surface area contributed by atoms with Gasteiger partial charge in [0.05, 0.1) is 46.7 Å². The van der Waals surface area contributed by atoms with Crippen molar-refractivity contribution in [3.05, 3.63) is 23.8 Å². The Kier molecular flexibility index (Phi) is 7.57. The normalized spacial score (nSPS) is 20.5. The quantitative estimate of drug-likeness (QED) is 0.497. The molecule has 0 spiro atoms. The summed E-state index contributed by atoms with van der Waals surface area (Å²) in [7, 11) is 5.12. The first-order chi connectivity index (χ1) is 14.1. The van der Waals surface area contributed by atoms with Crippen molar-refractivity contribution in [2.24, 2.45) is 10.4 Å². The van der Waals surface area contributed by atoms with Gasteiger partial charge in [-0.1, -0.05) is 13.0 Å². The summed E-state index contributed by atoms with van der Waals surface area (Å²) in [6, 6.07) is 6.29. The number of morpholine rings is 1. The first-order valence-corrected chi connectivity index (χ1v) is 10.1. The lowest BCUT2D eigenvalue weighted by molar-refractivity contribution is -0.0971. The van der Waals surface area contributed by atoms with Gasteiger partial charge in [0.1, 0.15) is 0 Å². The van der Waals surface area contributed by atoms with E-state index in [0.29, 0.717) is 0 Å². The highest BCUT2D eigenvalue weighted by Crippen LogP contribution is 2.32. The molecule has 0 bridgehead atoms. The van der Waals surface area contributed by atoms with E-state index in [-0.39, 0.29) is 11.5 Å². The van der Waals surface area contributed by atoms with Crippen LogP contribution in [0, 0.1) is 5.41 Å². The molecule has 1 atom stereocenters. The highest BCUT2D eigenvalue weighted by Gasteiger charge is 2.33. The maximum absolute atomic E-state index is 5.55. The molecule has 0 amide bonds. The highest BCUT2D eigenvalue weighted by atomic mass is 16.5. The van der Waals surface area contributed by atoms with Gasteiger partial charge < -0.3 is 29.6 Å². The van der Waals surface area contributed by atoms with Gasteiger partial charge in [-0.2, -0.15) is 0 Å². The van der Waals surface area contributed by atoms with Gasteiger partial charge in [0.15, 0.2) is 17.5 Å². The van der Waals surface area contributed by atoms with Crippen LogP contribution in [0.1, 0.15) is 18.5 Å². The molecule has 3 rings (SSSR count). The summed E-state index contributed by atoms with van der Waals surface area (Å²) in [5, 5.41) is 6.93. The molecule has 8 heteroatoms. The molecule has 0 aromatic heterocycles. The van der Waals surface area contributed by atoms with E-state index >= 15 is 0 Å². The van der Waals surface area contributed by atoms with E-state index in [0.717, 1.165) is 70.1 Å². The maximum Gasteiger partial charge on any atom is 0.191 e. The van der Waals surface area contributed by atoms with E-state index in [1.165, 1.54) is 5.56 Å². The van der Waals surface area contributed by atoms with E-state index in [9.17, 15) is 0 Å². The Hall–Kier alpha value is -2.03. The Morgan fingerprint density at radius 3 is 2.45 bits per heavy atom. The summed E-state index contributed by atoms with van der Waals surface area (Å²) in [6.45, 7) is 8.64. The van der Waals surface area contributed by atoms with Gasteiger partial charge in [0.2, 0.25) is 0 Å². The van der Waals surface area contributed by atoms with Crippen molar-refractivity contribution < 1.29 is 18.9 Å². The molecule has 0 aliphatic carbocycles. The van der Waals surface area contributed by atoms with E-state index < -0.39 is 0 Å². The summed E-state index contributed by atoms with van der Waals surface area (Å²) < 4.78 is 21.8. The van der Waals surface area contributed by atoms with Gasteiger partial charge >= 0.3 is 0 Å². The van der Waals surface area contributed by atoms with Crippen LogP contribution in [0.15, 0.2) is 23.2 Å². The fourth-order valence-electron chi connectivity index (χ4n) is 3.67. The van der Waals surface area contributed by atoms with Gasteiger partial charge in [-0.3, -0.25) is 9.89 Å². The van der Waals surface area contributed by atoms with Gasteiger partial charge in [-0.15, -0.1) is 0 Å². The third kappa shape index (κ3) is 5.52. The van der Waals surface area contributed by atoms with Crippen molar-refractivity contribution in [3.8, 4) is 11.5 Å². The minimum Gasteiger partial charge on any atom is -0.493 e. The number of nitrogens with zero attached hydrogens (tertiary/aromatic N) is 2. The lowest BCUT2D eigenvalue weighted by Crippen LogP contribution is -2.52. The van der Waals surface area contributed by atoms with E-state index in [2.05, 4.69) is 39.6 Å². The summed E-state index contributed by atoms with van der Waals surface area (Å²) >= 11 is 0. The van der Waals surface area contributed by atoms with Crippen LogP contribution in [0.25, 0.3) is 0 Å². The minimum atomic E-state index is 0.167. The number of nitrogens with one attached hydrogen (secondary N) is 2. The summed E-state index contributed by atoms with van der Waals surface area (Å²) in [6.07, 6.45) is 0. The molecule has 1 aromatic carbocycles. The predicted octanol–water partition coefficient (Wildman–Crippen LogP) is 1.28. The standard InChI is InChI=1S/C21H34N4O4/c1-21(14-29-15-21)13-24-20(22-2)23-12-17(25-7-9-28-10-8-25)16-5-6-18(26-3)19(11-16)27-4/h5-6,11,17H,7-10,12-15H2,1-4H3,(H2,22,23,24). The average Bonchev–Trinajstić information content (AvgIpc) is 2.75. The van der Waals surface area contributed by atoms with Gasteiger partial charge in [-0.05, 0) is 17.7 Å². The zero-order valence-corrected chi connectivity index (χ0v) is 18.0. The van der Waals surface area contributed by atoms with Crippen LogP contribution in [0.3, 0.4) is 0 Å². The van der Waals surface area contributed by atoms with Crippen LogP contribution >= 0.6 is 0 Å². The second kappa shape index (κ2) is 10.1. The monoisotopic (exact) mass is 406 g/mol. The molecule has 2 aliphatic heterocycles. The van der Waals surface area contributed by atoms with E-state index in [1.54, 1.807) is 21.3 Å². The number of aliphatic imine (C=N–C) groups is 1. The Labute approximate surface area is 173 Å². The van der Waals surface area contributed by atoms with Crippen LogP contribution in [0.4, 0.5) is 0 Å². The number of methoxy groups -OCH3 is 2. The molecule has 1 aromatic rings. The fraction of sp³-hybridized carbons (Fsp3) is 0.667. The van der Waals surface area contributed by atoms with Crippen LogP contribution in [0.2, 0.25) is 0 Å². The molecule has 2 saturated heterocycles. The van der Waals surface area contributed by atoms with Crippen molar-refractivity contribution in [3.63, 3.8) is 0 Å². The fourth-order valence-corrected chi connectivity index (χ4v) is 3.67. The highest BCUT2D eigenvalue weighted by molar-refractivity contribution is 5.79. The van der Waals surface area contributed by atoms with E-state index in [4.69, 9.17) is 18.9 Å². The molecule has 2 heterocycles. The second-order valence-corrected chi connectivity index (χ2v) is 7.89. The van der Waals surface area contributed by atoms with Crippen molar-refractivity contribution in [1.82, 2.24) is 15.5 Å². The molecule has 2 N–H and O–H groups in total. The molecule has 8 nitrogen and oxygen atoms in total. The molecule has 2 aliphatic rings. The molecule has 162 valence electrons. The predicted molar refractivity (Wildman–Crippen MR) is 113 cm³/mol. The Morgan fingerprint density at radius 1 is 1.14 bits per heavy atom. The average molecular weight is 407 g/mol.